The molecule has 8 nitrogen and oxygen atoms in total. The first kappa shape index (κ1) is 20.6. The van der Waals surface area contributed by atoms with E-state index >= 15 is 0 Å². The number of anilines is 4. The van der Waals surface area contributed by atoms with Crippen LogP contribution in [0.5, 0.6) is 0 Å². The Labute approximate surface area is 194 Å². The molecule has 1 aliphatic rings. The molecule has 2 amide bonds. The number of fused-ring (bicyclic) bond motifs is 3. The number of nitrogens with one attached hydrogen (secondary N) is 3. The van der Waals surface area contributed by atoms with E-state index in [0.717, 1.165) is 16.8 Å². The molecule has 33 heavy (non-hydrogen) atoms. The number of aromatic nitrogens is 3. The van der Waals surface area contributed by atoms with E-state index in [-0.39, 0.29) is 18.2 Å². The summed E-state index contributed by atoms with van der Waals surface area (Å²) in [5.74, 6) is 0.00154. The van der Waals surface area contributed by atoms with Gasteiger partial charge in [-0.25, -0.2) is 9.97 Å². The first-order chi connectivity index (χ1) is 16.0. The summed E-state index contributed by atoms with van der Waals surface area (Å²) in [5, 5.41) is 9.35. The minimum Gasteiger partial charge on any atom is -0.325 e. The van der Waals surface area contributed by atoms with E-state index in [4.69, 9.17) is 11.6 Å². The van der Waals surface area contributed by atoms with Gasteiger partial charge in [0.05, 0.1) is 17.8 Å². The third-order valence-corrected chi connectivity index (χ3v) is 5.30. The van der Waals surface area contributed by atoms with Crippen LogP contribution >= 0.6 is 11.6 Å². The smallest absolute Gasteiger partial charge is 0.255 e. The molecule has 4 aromatic rings. The van der Waals surface area contributed by atoms with Crippen molar-refractivity contribution in [1.82, 2.24) is 15.0 Å². The molecule has 0 unspecified atom stereocenters. The summed E-state index contributed by atoms with van der Waals surface area (Å²) in [4.78, 5) is 37.6. The summed E-state index contributed by atoms with van der Waals surface area (Å²) in [6.07, 6.45) is 5.04. The van der Waals surface area contributed by atoms with Crippen LogP contribution in [-0.4, -0.2) is 26.8 Å². The van der Waals surface area contributed by atoms with Crippen LogP contribution in [0.15, 0.2) is 73.2 Å². The number of hydrogen-bond donors (Lipinski definition) is 3. The molecule has 0 aliphatic carbocycles. The van der Waals surface area contributed by atoms with Crippen molar-refractivity contribution in [3.05, 3.63) is 89.3 Å². The van der Waals surface area contributed by atoms with Crippen LogP contribution in [0.4, 0.5) is 23.0 Å². The zero-order valence-corrected chi connectivity index (χ0v) is 17.9. The van der Waals surface area contributed by atoms with Crippen molar-refractivity contribution in [2.45, 2.75) is 6.42 Å². The number of carbonyl (C=O) groups is 2. The summed E-state index contributed by atoms with van der Waals surface area (Å²) in [7, 11) is 0. The van der Waals surface area contributed by atoms with Crippen molar-refractivity contribution in [3.63, 3.8) is 0 Å². The van der Waals surface area contributed by atoms with Crippen LogP contribution in [-0.2, 0) is 11.2 Å². The van der Waals surface area contributed by atoms with Gasteiger partial charge >= 0.3 is 0 Å². The lowest BCUT2D eigenvalue weighted by Gasteiger charge is -2.11. The normalized spacial score (nSPS) is 12.1. The Morgan fingerprint density at radius 1 is 1.00 bits per heavy atom. The van der Waals surface area contributed by atoms with E-state index in [2.05, 4.69) is 30.9 Å². The Morgan fingerprint density at radius 3 is 2.58 bits per heavy atom. The van der Waals surface area contributed by atoms with Gasteiger partial charge in [-0.1, -0.05) is 11.6 Å². The second-order valence-electron chi connectivity index (χ2n) is 7.37. The molecule has 0 saturated carbocycles. The predicted octanol–water partition coefficient (Wildman–Crippen LogP) is 4.68. The number of amides is 2. The van der Waals surface area contributed by atoms with Crippen molar-refractivity contribution >= 4 is 46.4 Å². The van der Waals surface area contributed by atoms with Crippen LogP contribution < -0.4 is 16.0 Å². The molecule has 162 valence electrons. The van der Waals surface area contributed by atoms with E-state index < -0.39 is 0 Å². The average molecular weight is 457 g/mol. The van der Waals surface area contributed by atoms with Crippen LogP contribution in [0, 0.1) is 0 Å². The van der Waals surface area contributed by atoms with Crippen LogP contribution in [0.1, 0.15) is 15.9 Å². The zero-order chi connectivity index (χ0) is 22.8. The molecule has 9 heteroatoms. The fourth-order valence-corrected chi connectivity index (χ4v) is 3.67. The first-order valence-electron chi connectivity index (χ1n) is 10.1. The van der Waals surface area contributed by atoms with Crippen LogP contribution in [0.25, 0.3) is 11.3 Å². The molecule has 0 bridgehead atoms. The second-order valence-corrected chi connectivity index (χ2v) is 7.81. The van der Waals surface area contributed by atoms with E-state index in [0.29, 0.717) is 33.6 Å². The SMILES string of the molecule is O=C1Cc2cnc(Nc3ccc(C(=O)Nc4ccncc4)cc3)nc2-c2ccc(Cl)cc2N1. The molecule has 0 radical (unpaired) electrons. The second kappa shape index (κ2) is 8.68. The Kier molecular flexibility index (Phi) is 5.42. The Morgan fingerprint density at radius 2 is 1.79 bits per heavy atom. The van der Waals surface area contributed by atoms with Crippen molar-refractivity contribution in [1.29, 1.82) is 0 Å². The topological polar surface area (TPSA) is 109 Å². The number of hydrogen-bond acceptors (Lipinski definition) is 6. The highest BCUT2D eigenvalue weighted by Gasteiger charge is 2.21. The zero-order valence-electron chi connectivity index (χ0n) is 17.2. The Bertz CT molecular complexity index is 1360. The lowest BCUT2D eigenvalue weighted by Crippen LogP contribution is -2.12. The number of pyridine rings is 1. The van der Waals surface area contributed by atoms with Crippen molar-refractivity contribution in [2.75, 3.05) is 16.0 Å². The first-order valence-corrected chi connectivity index (χ1v) is 10.5. The monoisotopic (exact) mass is 456 g/mol. The number of carbonyl (C=O) groups excluding carboxylic acids is 2. The molecule has 3 heterocycles. The number of benzene rings is 2. The van der Waals surface area contributed by atoms with Gasteiger partial charge in [-0.15, -0.1) is 0 Å². The lowest BCUT2D eigenvalue weighted by atomic mass is 10.1. The fourth-order valence-electron chi connectivity index (χ4n) is 3.50. The highest BCUT2D eigenvalue weighted by atomic mass is 35.5. The van der Waals surface area contributed by atoms with Gasteiger partial charge < -0.3 is 16.0 Å². The maximum Gasteiger partial charge on any atom is 0.255 e. The van der Waals surface area contributed by atoms with E-state index in [9.17, 15) is 9.59 Å². The molecule has 1 aliphatic heterocycles. The molecule has 2 aromatic heterocycles. The van der Waals surface area contributed by atoms with Crippen LogP contribution in [0.2, 0.25) is 5.02 Å². The highest BCUT2D eigenvalue weighted by Crippen LogP contribution is 2.34. The number of nitrogens with zero attached hydrogens (tertiary/aromatic N) is 3. The summed E-state index contributed by atoms with van der Waals surface area (Å²) >= 11 is 6.10. The van der Waals surface area contributed by atoms with E-state index in [1.54, 1.807) is 67.1 Å². The summed E-state index contributed by atoms with van der Waals surface area (Å²) in [5.41, 5.74) is 4.66. The molecular formula is C24H17ClN6O2. The highest BCUT2D eigenvalue weighted by molar-refractivity contribution is 6.31. The van der Waals surface area contributed by atoms with Gasteiger partial charge in [0.1, 0.15) is 0 Å². The molecular weight excluding hydrogens is 440 g/mol. The van der Waals surface area contributed by atoms with E-state index in [1.165, 1.54) is 0 Å². The molecule has 0 fully saturated rings. The largest absolute Gasteiger partial charge is 0.325 e. The molecule has 0 saturated heterocycles. The Hall–Kier alpha value is -4.30. The van der Waals surface area contributed by atoms with Crippen LogP contribution in [0.3, 0.4) is 0 Å². The minimum absolute atomic E-state index is 0.151. The molecule has 3 N–H and O–H groups in total. The number of rotatable bonds is 4. The Balaban J connectivity index is 1.37. The van der Waals surface area contributed by atoms with Crippen molar-refractivity contribution in [2.24, 2.45) is 0 Å². The average Bonchev–Trinajstić information content (AvgIpc) is 2.94. The summed E-state index contributed by atoms with van der Waals surface area (Å²) in [6, 6.07) is 15.7. The van der Waals surface area contributed by atoms with Gasteiger partial charge in [-0.2, -0.15) is 0 Å². The van der Waals surface area contributed by atoms with Crippen molar-refractivity contribution < 1.29 is 9.59 Å². The summed E-state index contributed by atoms with van der Waals surface area (Å²) < 4.78 is 0. The maximum atomic E-state index is 12.4. The lowest BCUT2D eigenvalue weighted by molar-refractivity contribution is -0.115. The van der Waals surface area contributed by atoms with Gasteiger partial charge in [-0.3, -0.25) is 14.6 Å². The summed E-state index contributed by atoms with van der Waals surface area (Å²) in [6.45, 7) is 0. The minimum atomic E-state index is -0.221. The fraction of sp³-hybridized carbons (Fsp3) is 0.0417. The third kappa shape index (κ3) is 4.51. The van der Waals surface area contributed by atoms with Gasteiger partial charge in [0.2, 0.25) is 11.9 Å². The maximum absolute atomic E-state index is 12.4. The molecule has 2 aromatic carbocycles. The standard InChI is InChI=1S/C24H17ClN6O2/c25-16-3-6-19-20(12-16)30-21(32)11-15-13-27-24(31-22(15)19)29-17-4-1-14(2-5-17)23(33)28-18-7-9-26-10-8-18/h1-10,12-13H,11H2,(H,30,32)(H,26,28,33)(H,27,29,31). The predicted molar refractivity (Wildman–Crippen MR) is 127 cm³/mol. The van der Waals surface area contributed by atoms with Gasteiger partial charge in [0, 0.05) is 51.7 Å². The van der Waals surface area contributed by atoms with Gasteiger partial charge in [0.15, 0.2) is 0 Å². The molecule has 0 atom stereocenters. The molecule has 5 rings (SSSR count). The van der Waals surface area contributed by atoms with E-state index in [1.807, 2.05) is 6.07 Å². The quantitative estimate of drug-likeness (QED) is 0.411. The van der Waals surface area contributed by atoms with Gasteiger partial charge in [0.25, 0.3) is 5.91 Å². The third-order valence-electron chi connectivity index (χ3n) is 5.07. The number of halogens is 1. The van der Waals surface area contributed by atoms with Crippen molar-refractivity contribution in [3.8, 4) is 11.3 Å². The molecule has 0 spiro atoms. The van der Waals surface area contributed by atoms with Gasteiger partial charge in [-0.05, 0) is 54.6 Å².